The van der Waals surface area contributed by atoms with Gasteiger partial charge in [-0.15, -0.1) is 0 Å². The normalized spacial score (nSPS) is 11.7. The smallest absolute Gasteiger partial charge is 0.870 e. The Balaban J connectivity index is -0.0000000463. The molecule has 0 radical (unpaired) electrons. The van der Waals surface area contributed by atoms with Crippen LogP contribution in [0.15, 0.2) is 96.7 Å². The third-order valence-corrected chi connectivity index (χ3v) is 4.91. The molecule has 3 aromatic rings. The second-order valence-electron chi connectivity index (χ2n) is 6.54. The van der Waals surface area contributed by atoms with E-state index in [1.165, 1.54) is 3.57 Å². The molecule has 1 atom stereocenters. The summed E-state index contributed by atoms with van der Waals surface area (Å²) in [7, 11) is 0. The summed E-state index contributed by atoms with van der Waals surface area (Å²) >= 11 is 8.15. The maximum absolute atomic E-state index is 10.1. The summed E-state index contributed by atoms with van der Waals surface area (Å²) in [6, 6.07) is 20.1. The Kier molecular flexibility index (Phi) is 70.3. The van der Waals surface area contributed by atoms with Gasteiger partial charge in [0.2, 0.25) is 0 Å². The number of rotatable bonds is 2. The van der Waals surface area contributed by atoms with Gasteiger partial charge in [-0.25, -0.2) is 4.98 Å². The summed E-state index contributed by atoms with van der Waals surface area (Å²) in [6.07, 6.45) is 14.0. The third-order valence-electron chi connectivity index (χ3n) is 4.19. The van der Waals surface area contributed by atoms with Gasteiger partial charge in [-0.3, -0.25) is 9.79 Å². The van der Waals surface area contributed by atoms with Gasteiger partial charge in [0.25, 0.3) is 0 Å². The van der Waals surface area contributed by atoms with Gasteiger partial charge in [-0.1, -0.05) is 94.5 Å². The number of nitrogens with one attached hydrogen (secondary N) is 1. The van der Waals surface area contributed by atoms with Crippen LogP contribution in [-0.2, 0) is 17.6 Å². The average molecular weight is 889 g/mol. The van der Waals surface area contributed by atoms with Crippen LogP contribution < -0.4 is 56.7 Å². The van der Waals surface area contributed by atoms with Crippen LogP contribution in [0.3, 0.4) is 0 Å². The van der Waals surface area contributed by atoms with E-state index in [2.05, 4.69) is 62.8 Å². The van der Waals surface area contributed by atoms with Crippen molar-refractivity contribution in [3.63, 3.8) is 0 Å². The zero-order chi connectivity index (χ0) is 24.2. The molecule has 1 fully saturated rings. The van der Waals surface area contributed by atoms with Crippen molar-refractivity contribution in [2.45, 2.75) is 77.3 Å². The number of allylic oxidation sites excluding steroid dienone is 1. The number of hydrogen-bond acceptors (Lipinski definition) is 5. The first-order valence-corrected chi connectivity index (χ1v) is 14.3. The summed E-state index contributed by atoms with van der Waals surface area (Å²) in [5.74, 6) is -0.720. The number of carboxylic acid groups (broad SMARTS) is 1. The van der Waals surface area contributed by atoms with Gasteiger partial charge in [0.1, 0.15) is 6.04 Å². The van der Waals surface area contributed by atoms with Gasteiger partial charge in [-0.2, -0.15) is 0 Å². The Morgan fingerprint density at radius 2 is 1.45 bits per heavy atom. The molecule has 0 amide bonds. The quantitative estimate of drug-likeness (QED) is 0.211. The van der Waals surface area contributed by atoms with E-state index in [0.29, 0.717) is 0 Å². The monoisotopic (exact) mass is 888 g/mol. The van der Waals surface area contributed by atoms with Gasteiger partial charge < -0.3 is 20.5 Å². The maximum Gasteiger partial charge on any atom is 1.00 e. The molecule has 1 aromatic heterocycles. The van der Waals surface area contributed by atoms with E-state index in [0.717, 1.165) is 31.5 Å². The zero-order valence-electron chi connectivity index (χ0n) is 19.3. The number of aromatic nitrogens is 2. The summed E-state index contributed by atoms with van der Waals surface area (Å²) in [5.41, 5.74) is 1.14. The van der Waals surface area contributed by atoms with Crippen LogP contribution in [-0.4, -0.2) is 44.9 Å². The Hall–Kier alpha value is 0.0658. The molecule has 0 aliphatic carbocycles. The molecule has 2 aliphatic rings. The number of nitrogens with zero attached hydrogens (tertiary/aromatic N) is 3. The molecular weight excluding hydrogens is 833 g/mol. The molecule has 1 unspecified atom stereocenters. The van der Waals surface area contributed by atoms with Crippen LogP contribution in [0.25, 0.3) is 5.69 Å². The SMILES string of the molecule is C.C.C.C.C.C.C.C1=CN=CC1.Ic1ccccc1.O=C(O)C1CCCN1.[Cu][I].[K+].[OH-].c1ccc(-n2ccnc2)cc1. The van der Waals surface area contributed by atoms with Crippen molar-refractivity contribution < 1.29 is 79.5 Å². The van der Waals surface area contributed by atoms with Crippen molar-refractivity contribution in [3.8, 4) is 5.69 Å². The Bertz CT molecular complexity index is 922. The number of carbonyl (C=O) groups is 1. The predicted octanol–water partition coefficient (Wildman–Crippen LogP) is 7.12. The van der Waals surface area contributed by atoms with E-state index in [-0.39, 0.29) is 115 Å². The Morgan fingerprint density at radius 3 is 1.71 bits per heavy atom. The van der Waals surface area contributed by atoms with Crippen molar-refractivity contribution in [3.05, 3.63) is 95.2 Å². The fourth-order valence-corrected chi connectivity index (χ4v) is 3.04. The zero-order valence-corrected chi connectivity index (χ0v) is 27.7. The number of benzene rings is 2. The minimum atomic E-state index is -0.720. The van der Waals surface area contributed by atoms with Gasteiger partial charge in [-0.05, 0) is 66.2 Å². The van der Waals surface area contributed by atoms with E-state index in [9.17, 15) is 4.79 Å². The van der Waals surface area contributed by atoms with Gasteiger partial charge in [0.15, 0.2) is 0 Å². The van der Waals surface area contributed by atoms with Crippen molar-refractivity contribution in [1.82, 2.24) is 14.9 Å². The van der Waals surface area contributed by atoms with Crippen molar-refractivity contribution in [1.29, 1.82) is 0 Å². The van der Waals surface area contributed by atoms with Crippen LogP contribution in [0, 0.1) is 3.57 Å². The largest absolute Gasteiger partial charge is 1.00 e. The molecule has 0 bridgehead atoms. The van der Waals surface area contributed by atoms with Gasteiger partial charge in [0, 0.05) is 40.5 Å². The number of para-hydroxylation sites is 1. The first-order chi connectivity index (χ1) is 16.2. The molecule has 7 nitrogen and oxygen atoms in total. The minimum absolute atomic E-state index is 0. The van der Waals surface area contributed by atoms with E-state index in [1.807, 2.05) is 71.6 Å². The number of aliphatic imine (C=N–C) groups is 1. The molecule has 0 saturated carbocycles. The molecule has 2 aliphatic heterocycles. The van der Waals surface area contributed by atoms with Gasteiger partial charge in [0.05, 0.1) is 6.33 Å². The van der Waals surface area contributed by atoms with E-state index in [1.54, 1.807) is 39.1 Å². The molecular formula is C31H56CuI2KN4O3. The van der Waals surface area contributed by atoms with E-state index >= 15 is 0 Å². The molecule has 5 rings (SSSR count). The van der Waals surface area contributed by atoms with Gasteiger partial charge >= 0.3 is 90.5 Å². The second kappa shape index (κ2) is 45.5. The first-order valence-electron chi connectivity index (χ1n) is 10.1. The molecule has 244 valence electrons. The van der Waals surface area contributed by atoms with Crippen LogP contribution in [0.2, 0.25) is 0 Å². The molecule has 42 heavy (non-hydrogen) atoms. The molecule has 3 heterocycles. The number of imidazole rings is 1. The number of halogens is 2. The second-order valence-corrected chi connectivity index (χ2v) is 7.79. The Morgan fingerprint density at radius 1 is 0.929 bits per heavy atom. The molecule has 0 spiro atoms. The summed E-state index contributed by atoms with van der Waals surface area (Å²) < 4.78 is 3.26. The third kappa shape index (κ3) is 33.0. The molecule has 11 heteroatoms. The molecule has 2 aromatic carbocycles. The van der Waals surface area contributed by atoms with E-state index in [4.69, 9.17) is 5.11 Å². The fraction of sp³-hybridized carbons (Fsp3) is 0.387. The van der Waals surface area contributed by atoms with Crippen molar-refractivity contribution in [2.75, 3.05) is 6.54 Å². The van der Waals surface area contributed by atoms with Crippen LogP contribution >= 0.6 is 42.9 Å². The fourth-order valence-electron chi connectivity index (χ4n) is 2.63. The first kappa shape index (κ1) is 64.9. The standard InChI is InChI=1S/C9H8N2.C6H5I.C5H9NO2.C4H5N.7CH4.Cu.HI.K.H2O/c1-2-4-9(5-3-1)11-7-6-10-8-11;7-6-4-2-1-3-5-6;7-5(8)4-2-1-3-6-4;1-2-4-5-3-1;;;;;;;;;;;/h1-8H;1-5H;4,6H,1-3H2,(H,7,8);1,3-4H,2H2;7*1H4;;1H;;1H2/q;;;;;;;;;;;+1;;+1;/p-2. The van der Waals surface area contributed by atoms with Crippen LogP contribution in [0.5, 0.6) is 0 Å². The number of hydrogen-bond donors (Lipinski definition) is 2. The number of carboxylic acids is 1. The van der Waals surface area contributed by atoms with Crippen molar-refractivity contribution >= 4 is 55.1 Å². The molecule has 3 N–H and O–H groups in total. The van der Waals surface area contributed by atoms with Crippen LogP contribution in [0.1, 0.15) is 71.2 Å². The summed E-state index contributed by atoms with van der Waals surface area (Å²) in [4.78, 5) is 17.9. The molecule has 1 saturated heterocycles. The minimum Gasteiger partial charge on any atom is -0.870 e. The van der Waals surface area contributed by atoms with Crippen molar-refractivity contribution in [2.24, 2.45) is 4.99 Å². The summed E-state index contributed by atoms with van der Waals surface area (Å²) in [6.45, 7) is 0.858. The van der Waals surface area contributed by atoms with Crippen LogP contribution in [0.4, 0.5) is 0 Å². The predicted molar refractivity (Wildman–Crippen MR) is 197 cm³/mol. The average Bonchev–Trinajstić information content (AvgIpc) is 3.67. The van der Waals surface area contributed by atoms with E-state index < -0.39 is 5.97 Å². The number of aliphatic carboxylic acids is 1. The Labute approximate surface area is 334 Å². The summed E-state index contributed by atoms with van der Waals surface area (Å²) in [5, 5.41) is 11.2. The maximum atomic E-state index is 10.1. The topological polar surface area (TPSA) is 110 Å².